The highest BCUT2D eigenvalue weighted by Gasteiger charge is 2.20. The quantitative estimate of drug-likeness (QED) is 0.209. The highest BCUT2D eigenvalue weighted by molar-refractivity contribution is 5.81. The molecule has 5 rings (SSSR count). The van der Waals surface area contributed by atoms with Crippen molar-refractivity contribution in [2.75, 3.05) is 32.0 Å². The van der Waals surface area contributed by atoms with Crippen LogP contribution >= 0.6 is 0 Å². The normalized spacial score (nSPS) is 12.0. The summed E-state index contributed by atoms with van der Waals surface area (Å²) in [6, 6.07) is 22.4. The summed E-state index contributed by atoms with van der Waals surface area (Å²) < 4.78 is 15.8. The molecule has 0 aliphatic rings. The number of fused-ring (bicyclic) bond motifs is 1. The van der Waals surface area contributed by atoms with E-state index in [2.05, 4.69) is 29.4 Å². The minimum absolute atomic E-state index is 0.00775. The Hall–Kier alpha value is -4.63. The average Bonchev–Trinajstić information content (AvgIpc) is 3.37. The fourth-order valence-corrected chi connectivity index (χ4v) is 5.09. The number of carbonyl (C=O) groups is 1. The molecule has 2 aromatic carbocycles. The van der Waals surface area contributed by atoms with Crippen LogP contribution < -0.4 is 5.32 Å². The lowest BCUT2D eigenvalue weighted by Gasteiger charge is -2.23. The zero-order chi connectivity index (χ0) is 29.6. The largest absolute Gasteiger partial charge is 0.348 e. The Labute approximate surface area is 245 Å². The van der Waals surface area contributed by atoms with Crippen LogP contribution in [0.1, 0.15) is 37.9 Å². The molecule has 1 N–H and O–H groups in total. The predicted molar refractivity (Wildman–Crippen MR) is 164 cm³/mol. The van der Waals surface area contributed by atoms with E-state index in [9.17, 15) is 9.18 Å². The van der Waals surface area contributed by atoms with Crippen molar-refractivity contribution in [1.82, 2.24) is 29.2 Å². The first-order valence-corrected chi connectivity index (χ1v) is 14.2. The third-order valence-electron chi connectivity index (χ3n) is 7.33. The number of nitrogens with zero attached hydrogens (tertiary/aromatic N) is 6. The summed E-state index contributed by atoms with van der Waals surface area (Å²) in [4.78, 5) is 30.8. The standard InChI is InChI=1S/C33H36FN7O/c1-5-40(6-2)30(42)22-39(4)21-24-17-19-41-29(20-24)38-31(26-12-14-27(34)15-13-26)32(41)28-16-18-35-33(37-28)36-23(3)25-10-8-7-9-11-25/h7-20,23H,5-6,21-22H2,1-4H3,(H,35,36,37)/t23-/m0/s1. The van der Waals surface area contributed by atoms with Crippen LogP contribution in [0.25, 0.3) is 28.3 Å². The molecule has 0 radical (unpaired) electrons. The van der Waals surface area contributed by atoms with E-state index in [4.69, 9.17) is 9.97 Å². The van der Waals surface area contributed by atoms with Crippen LogP contribution in [0.3, 0.4) is 0 Å². The molecule has 0 fully saturated rings. The van der Waals surface area contributed by atoms with Crippen molar-refractivity contribution in [3.8, 4) is 22.6 Å². The molecule has 0 saturated heterocycles. The van der Waals surface area contributed by atoms with E-state index in [0.29, 0.717) is 43.5 Å². The van der Waals surface area contributed by atoms with Gasteiger partial charge in [-0.2, -0.15) is 0 Å². The van der Waals surface area contributed by atoms with Crippen molar-refractivity contribution < 1.29 is 9.18 Å². The Morgan fingerprint density at radius 1 is 1.00 bits per heavy atom. The van der Waals surface area contributed by atoms with Crippen molar-refractivity contribution in [3.63, 3.8) is 0 Å². The first kappa shape index (κ1) is 28.9. The smallest absolute Gasteiger partial charge is 0.236 e. The summed E-state index contributed by atoms with van der Waals surface area (Å²) in [5.74, 6) is 0.303. The van der Waals surface area contributed by atoms with Gasteiger partial charge in [-0.1, -0.05) is 30.3 Å². The maximum atomic E-state index is 13.8. The van der Waals surface area contributed by atoms with E-state index in [1.165, 1.54) is 12.1 Å². The minimum atomic E-state index is -0.308. The van der Waals surface area contributed by atoms with E-state index in [1.54, 1.807) is 18.3 Å². The second-order valence-electron chi connectivity index (χ2n) is 10.4. The number of anilines is 1. The molecule has 3 aromatic heterocycles. The number of imidazole rings is 1. The number of likely N-dealkylation sites (N-methyl/N-ethyl adjacent to an activating group) is 2. The van der Waals surface area contributed by atoms with Crippen LogP contribution in [0.4, 0.5) is 10.3 Å². The monoisotopic (exact) mass is 565 g/mol. The van der Waals surface area contributed by atoms with E-state index < -0.39 is 0 Å². The second kappa shape index (κ2) is 12.9. The molecule has 0 spiro atoms. The molecular weight excluding hydrogens is 529 g/mol. The van der Waals surface area contributed by atoms with Gasteiger partial charge in [0.2, 0.25) is 11.9 Å². The van der Waals surface area contributed by atoms with E-state index in [0.717, 1.165) is 28.0 Å². The summed E-state index contributed by atoms with van der Waals surface area (Å²) in [6.07, 6.45) is 3.70. The molecule has 0 aliphatic heterocycles. The lowest BCUT2D eigenvalue weighted by Crippen LogP contribution is -2.38. The molecule has 42 heavy (non-hydrogen) atoms. The lowest BCUT2D eigenvalue weighted by molar-refractivity contribution is -0.131. The Morgan fingerprint density at radius 2 is 1.74 bits per heavy atom. The first-order valence-electron chi connectivity index (χ1n) is 14.2. The number of carbonyl (C=O) groups excluding carboxylic acids is 1. The molecule has 216 valence electrons. The summed E-state index contributed by atoms with van der Waals surface area (Å²) >= 11 is 0. The Morgan fingerprint density at radius 3 is 2.45 bits per heavy atom. The number of nitrogens with one attached hydrogen (secondary N) is 1. The van der Waals surface area contributed by atoms with Crippen molar-refractivity contribution in [3.05, 3.63) is 102 Å². The lowest BCUT2D eigenvalue weighted by atomic mass is 10.1. The molecule has 9 heteroatoms. The molecule has 1 amide bonds. The summed E-state index contributed by atoms with van der Waals surface area (Å²) in [6.45, 7) is 8.38. The van der Waals surface area contributed by atoms with E-state index in [1.807, 2.05) is 77.7 Å². The fraction of sp³-hybridized carbons (Fsp3) is 0.273. The van der Waals surface area contributed by atoms with Crippen LogP contribution in [-0.2, 0) is 11.3 Å². The van der Waals surface area contributed by atoms with Gasteiger partial charge in [0.05, 0.1) is 29.7 Å². The predicted octanol–water partition coefficient (Wildman–Crippen LogP) is 6.07. The molecule has 0 bridgehead atoms. The highest BCUT2D eigenvalue weighted by Crippen LogP contribution is 2.33. The van der Waals surface area contributed by atoms with Gasteiger partial charge in [-0.15, -0.1) is 0 Å². The van der Waals surface area contributed by atoms with Crippen LogP contribution in [-0.4, -0.2) is 61.7 Å². The molecule has 3 heterocycles. The van der Waals surface area contributed by atoms with Crippen LogP contribution in [0.2, 0.25) is 0 Å². The van der Waals surface area contributed by atoms with Gasteiger partial charge in [0.1, 0.15) is 11.5 Å². The highest BCUT2D eigenvalue weighted by atomic mass is 19.1. The Bertz CT molecular complexity index is 1650. The van der Waals surface area contributed by atoms with E-state index in [-0.39, 0.29) is 17.8 Å². The molecule has 1 atom stereocenters. The zero-order valence-corrected chi connectivity index (χ0v) is 24.5. The van der Waals surface area contributed by atoms with Gasteiger partial charge in [-0.3, -0.25) is 14.1 Å². The van der Waals surface area contributed by atoms with Gasteiger partial charge in [-0.05, 0) is 81.4 Å². The Kier molecular flexibility index (Phi) is 8.88. The minimum Gasteiger partial charge on any atom is -0.348 e. The molecule has 0 unspecified atom stereocenters. The van der Waals surface area contributed by atoms with Crippen molar-refractivity contribution >= 4 is 17.5 Å². The number of halogens is 1. The number of amides is 1. The van der Waals surface area contributed by atoms with Crippen molar-refractivity contribution in [1.29, 1.82) is 0 Å². The van der Waals surface area contributed by atoms with Gasteiger partial charge < -0.3 is 10.2 Å². The summed E-state index contributed by atoms with van der Waals surface area (Å²) in [5, 5.41) is 3.40. The zero-order valence-electron chi connectivity index (χ0n) is 24.5. The Balaban J connectivity index is 1.49. The van der Waals surface area contributed by atoms with Gasteiger partial charge >= 0.3 is 0 Å². The maximum Gasteiger partial charge on any atom is 0.236 e. The molecule has 0 saturated carbocycles. The number of benzene rings is 2. The average molecular weight is 566 g/mol. The number of hydrogen-bond acceptors (Lipinski definition) is 6. The SMILES string of the molecule is CCN(CC)C(=O)CN(C)Cc1ccn2c(-c3ccnc(N[C@@H](C)c4ccccc4)n3)c(-c3ccc(F)cc3)nc2c1. The van der Waals surface area contributed by atoms with Crippen molar-refractivity contribution in [2.45, 2.75) is 33.4 Å². The van der Waals surface area contributed by atoms with Gasteiger partial charge in [0, 0.05) is 37.6 Å². The molecule has 5 aromatic rings. The number of hydrogen-bond donors (Lipinski definition) is 1. The molecule has 0 aliphatic carbocycles. The fourth-order valence-electron chi connectivity index (χ4n) is 5.09. The maximum absolute atomic E-state index is 13.8. The number of aromatic nitrogens is 4. The van der Waals surface area contributed by atoms with Crippen LogP contribution in [0.15, 0.2) is 85.2 Å². The van der Waals surface area contributed by atoms with Gasteiger partial charge in [0.25, 0.3) is 0 Å². The number of rotatable bonds is 11. The second-order valence-corrected chi connectivity index (χ2v) is 10.4. The summed E-state index contributed by atoms with van der Waals surface area (Å²) in [5.41, 5.74) is 5.84. The number of pyridine rings is 1. The van der Waals surface area contributed by atoms with Crippen LogP contribution in [0, 0.1) is 5.82 Å². The third-order valence-corrected chi connectivity index (χ3v) is 7.33. The first-order chi connectivity index (χ1) is 20.4. The van der Waals surface area contributed by atoms with Crippen molar-refractivity contribution in [2.24, 2.45) is 0 Å². The summed E-state index contributed by atoms with van der Waals surface area (Å²) in [7, 11) is 1.94. The van der Waals surface area contributed by atoms with Crippen LogP contribution in [0.5, 0.6) is 0 Å². The third kappa shape index (κ3) is 6.47. The van der Waals surface area contributed by atoms with Gasteiger partial charge in [0.15, 0.2) is 0 Å². The molecule has 8 nitrogen and oxygen atoms in total. The molecular formula is C33H36FN7O. The van der Waals surface area contributed by atoms with E-state index >= 15 is 0 Å². The van der Waals surface area contributed by atoms with Gasteiger partial charge in [-0.25, -0.2) is 19.3 Å². The topological polar surface area (TPSA) is 78.7 Å².